The van der Waals surface area contributed by atoms with Gasteiger partial charge in [-0.1, -0.05) is 60.7 Å². The smallest absolute Gasteiger partial charge is 0.136 e. The molecule has 0 aliphatic heterocycles. The molecule has 0 radical (unpaired) electrons. The molecule has 120 valence electrons. The number of ketones is 1. The van der Waals surface area contributed by atoms with Crippen LogP contribution in [-0.4, -0.2) is 12.3 Å². The first kappa shape index (κ1) is 15.9. The fraction of sp³-hybridized carbons (Fsp3) is 0.381. The number of Topliss-reactive ketones (excluding diaryl/α,β-unsaturated/α-hetero) is 1. The minimum absolute atomic E-state index is 0.162. The van der Waals surface area contributed by atoms with Gasteiger partial charge in [-0.2, -0.15) is 0 Å². The van der Waals surface area contributed by atoms with E-state index in [4.69, 9.17) is 0 Å². The van der Waals surface area contributed by atoms with Crippen LogP contribution in [0.3, 0.4) is 0 Å². The summed E-state index contributed by atoms with van der Waals surface area (Å²) in [5.74, 6) is 0.735. The SMILES string of the molecule is CC(=O)C1(CCNCc2ccccc2)CCC1c1ccccc1. The zero-order valence-electron chi connectivity index (χ0n) is 13.8. The van der Waals surface area contributed by atoms with E-state index in [1.165, 1.54) is 11.1 Å². The lowest BCUT2D eigenvalue weighted by Crippen LogP contribution is -2.46. The molecule has 1 aliphatic carbocycles. The molecule has 2 unspecified atom stereocenters. The van der Waals surface area contributed by atoms with Crippen LogP contribution < -0.4 is 5.32 Å². The highest BCUT2D eigenvalue weighted by molar-refractivity contribution is 5.84. The van der Waals surface area contributed by atoms with Gasteiger partial charge in [0.05, 0.1) is 0 Å². The third-order valence-corrected chi connectivity index (χ3v) is 5.37. The summed E-state index contributed by atoms with van der Waals surface area (Å²) in [6.07, 6.45) is 3.08. The molecule has 0 saturated heterocycles. The summed E-state index contributed by atoms with van der Waals surface area (Å²) in [6.45, 7) is 3.52. The van der Waals surface area contributed by atoms with Gasteiger partial charge in [-0.15, -0.1) is 0 Å². The van der Waals surface area contributed by atoms with Crippen molar-refractivity contribution in [3.05, 3.63) is 71.8 Å². The molecular weight excluding hydrogens is 282 g/mol. The number of benzene rings is 2. The quantitative estimate of drug-likeness (QED) is 0.772. The Morgan fingerprint density at radius 1 is 1.09 bits per heavy atom. The highest BCUT2D eigenvalue weighted by atomic mass is 16.1. The third-order valence-electron chi connectivity index (χ3n) is 5.37. The van der Waals surface area contributed by atoms with Crippen molar-refractivity contribution in [2.45, 2.75) is 38.6 Å². The van der Waals surface area contributed by atoms with Gasteiger partial charge >= 0.3 is 0 Å². The molecule has 0 aromatic heterocycles. The van der Waals surface area contributed by atoms with Gasteiger partial charge in [0.2, 0.25) is 0 Å². The zero-order valence-corrected chi connectivity index (χ0v) is 13.8. The van der Waals surface area contributed by atoms with Crippen molar-refractivity contribution in [3.8, 4) is 0 Å². The van der Waals surface area contributed by atoms with Gasteiger partial charge in [0, 0.05) is 12.0 Å². The van der Waals surface area contributed by atoms with Crippen molar-refractivity contribution in [1.29, 1.82) is 0 Å². The molecule has 2 aromatic carbocycles. The Labute approximate surface area is 138 Å². The van der Waals surface area contributed by atoms with Crippen molar-refractivity contribution in [2.75, 3.05) is 6.54 Å². The lowest BCUT2D eigenvalue weighted by molar-refractivity contribution is -0.133. The lowest BCUT2D eigenvalue weighted by atomic mass is 9.54. The maximum Gasteiger partial charge on any atom is 0.136 e. The first-order chi connectivity index (χ1) is 11.2. The number of nitrogens with one attached hydrogen (secondary N) is 1. The number of hydrogen-bond acceptors (Lipinski definition) is 2. The minimum Gasteiger partial charge on any atom is -0.313 e. The van der Waals surface area contributed by atoms with Crippen LogP contribution >= 0.6 is 0 Å². The van der Waals surface area contributed by atoms with Crippen LogP contribution in [0.5, 0.6) is 0 Å². The fourth-order valence-corrected chi connectivity index (χ4v) is 3.84. The summed E-state index contributed by atoms with van der Waals surface area (Å²) in [5, 5.41) is 3.50. The van der Waals surface area contributed by atoms with Gasteiger partial charge in [0.25, 0.3) is 0 Å². The minimum atomic E-state index is -0.162. The Morgan fingerprint density at radius 3 is 2.30 bits per heavy atom. The second kappa shape index (κ2) is 7.10. The standard InChI is InChI=1S/C21H25NO/c1-17(23)21(13-12-20(21)19-10-6-3-7-11-19)14-15-22-16-18-8-4-2-5-9-18/h2-11,20,22H,12-16H2,1H3. The molecule has 2 aromatic rings. The normalized spacial score (nSPS) is 23.3. The molecule has 2 nitrogen and oxygen atoms in total. The van der Waals surface area contributed by atoms with Crippen LogP contribution in [0.15, 0.2) is 60.7 Å². The summed E-state index contributed by atoms with van der Waals surface area (Å²) in [7, 11) is 0. The lowest BCUT2D eigenvalue weighted by Gasteiger charge is -2.48. The Bertz CT molecular complexity index is 637. The second-order valence-corrected chi connectivity index (χ2v) is 6.63. The molecule has 2 atom stereocenters. The Hall–Kier alpha value is -1.93. The molecule has 23 heavy (non-hydrogen) atoms. The van der Waals surface area contributed by atoms with E-state index in [9.17, 15) is 4.79 Å². The van der Waals surface area contributed by atoms with Gasteiger partial charge in [-0.3, -0.25) is 4.79 Å². The number of carbonyl (C=O) groups excluding carboxylic acids is 1. The summed E-state index contributed by atoms with van der Waals surface area (Å²) in [4.78, 5) is 12.4. The molecule has 1 fully saturated rings. The van der Waals surface area contributed by atoms with Crippen molar-refractivity contribution in [1.82, 2.24) is 5.32 Å². The van der Waals surface area contributed by atoms with Crippen molar-refractivity contribution in [3.63, 3.8) is 0 Å². The molecule has 0 spiro atoms. The van der Waals surface area contributed by atoms with Crippen LogP contribution in [0.4, 0.5) is 0 Å². The van der Waals surface area contributed by atoms with E-state index in [2.05, 4.69) is 53.8 Å². The maximum absolute atomic E-state index is 12.4. The molecule has 0 bridgehead atoms. The molecule has 1 N–H and O–H groups in total. The molecular formula is C21H25NO. The predicted octanol–water partition coefficient (Wildman–Crippen LogP) is 4.32. The van der Waals surface area contributed by atoms with Crippen molar-refractivity contribution >= 4 is 5.78 Å². The summed E-state index contributed by atoms with van der Waals surface area (Å²) in [5.41, 5.74) is 2.44. The number of carbonyl (C=O) groups is 1. The van der Waals surface area contributed by atoms with Gasteiger partial charge in [-0.25, -0.2) is 0 Å². The highest BCUT2D eigenvalue weighted by Crippen LogP contribution is 2.55. The van der Waals surface area contributed by atoms with E-state index < -0.39 is 0 Å². The largest absolute Gasteiger partial charge is 0.313 e. The monoisotopic (exact) mass is 307 g/mol. The van der Waals surface area contributed by atoms with Crippen LogP contribution in [0.25, 0.3) is 0 Å². The highest BCUT2D eigenvalue weighted by Gasteiger charge is 2.50. The Balaban J connectivity index is 1.60. The fourth-order valence-electron chi connectivity index (χ4n) is 3.84. The molecule has 3 rings (SSSR count). The molecule has 2 heteroatoms. The molecule has 0 heterocycles. The number of rotatable bonds is 7. The average Bonchev–Trinajstić information content (AvgIpc) is 2.55. The first-order valence-corrected chi connectivity index (χ1v) is 8.53. The van der Waals surface area contributed by atoms with E-state index in [0.29, 0.717) is 11.7 Å². The van der Waals surface area contributed by atoms with E-state index in [-0.39, 0.29) is 5.41 Å². The summed E-state index contributed by atoms with van der Waals surface area (Å²) in [6, 6.07) is 20.9. The first-order valence-electron chi connectivity index (χ1n) is 8.53. The topological polar surface area (TPSA) is 29.1 Å². The molecule has 0 amide bonds. The predicted molar refractivity (Wildman–Crippen MR) is 94.3 cm³/mol. The average molecular weight is 307 g/mol. The van der Waals surface area contributed by atoms with Gasteiger partial charge in [-0.05, 0) is 49.8 Å². The second-order valence-electron chi connectivity index (χ2n) is 6.63. The summed E-state index contributed by atoms with van der Waals surface area (Å²) < 4.78 is 0. The third kappa shape index (κ3) is 3.37. The van der Waals surface area contributed by atoms with E-state index >= 15 is 0 Å². The van der Waals surface area contributed by atoms with E-state index in [0.717, 1.165) is 32.4 Å². The van der Waals surface area contributed by atoms with Crippen LogP contribution in [0, 0.1) is 5.41 Å². The Kier molecular flexibility index (Phi) is 4.92. The van der Waals surface area contributed by atoms with Gasteiger partial charge in [0.15, 0.2) is 0 Å². The van der Waals surface area contributed by atoms with E-state index in [1.807, 2.05) is 12.1 Å². The van der Waals surface area contributed by atoms with Crippen LogP contribution in [0.1, 0.15) is 43.2 Å². The summed E-state index contributed by atoms with van der Waals surface area (Å²) >= 11 is 0. The van der Waals surface area contributed by atoms with E-state index in [1.54, 1.807) is 6.92 Å². The maximum atomic E-state index is 12.4. The van der Waals surface area contributed by atoms with Gasteiger partial charge < -0.3 is 5.32 Å². The van der Waals surface area contributed by atoms with Gasteiger partial charge in [0.1, 0.15) is 5.78 Å². The molecule has 1 aliphatic rings. The Morgan fingerprint density at radius 2 is 1.74 bits per heavy atom. The van der Waals surface area contributed by atoms with Crippen LogP contribution in [-0.2, 0) is 11.3 Å². The zero-order chi connectivity index (χ0) is 16.1. The van der Waals surface area contributed by atoms with Crippen molar-refractivity contribution < 1.29 is 4.79 Å². The van der Waals surface area contributed by atoms with Crippen molar-refractivity contribution in [2.24, 2.45) is 5.41 Å². The molecule has 1 saturated carbocycles. The van der Waals surface area contributed by atoms with Crippen LogP contribution in [0.2, 0.25) is 0 Å². The number of hydrogen-bond donors (Lipinski definition) is 1.